The van der Waals surface area contributed by atoms with Crippen LogP contribution in [-0.4, -0.2) is 17.8 Å². The molecule has 0 heterocycles. The van der Waals surface area contributed by atoms with E-state index in [1.807, 2.05) is 30.3 Å². The molecule has 1 atom stereocenters. The largest absolute Gasteiger partial charge is 0.445 e. The van der Waals surface area contributed by atoms with Crippen molar-refractivity contribution in [3.05, 3.63) is 70.7 Å². The van der Waals surface area contributed by atoms with E-state index in [-0.39, 0.29) is 13.2 Å². The molecule has 0 spiro atoms. The number of nitrogens with one attached hydrogen (secondary N) is 1. The molecule has 0 aliphatic heterocycles. The maximum atomic E-state index is 11.8. The Morgan fingerprint density at radius 2 is 1.81 bits per heavy atom. The number of carbonyl (C=O) groups is 1. The van der Waals surface area contributed by atoms with Gasteiger partial charge >= 0.3 is 6.09 Å². The summed E-state index contributed by atoms with van der Waals surface area (Å²) >= 11 is 6.05. The van der Waals surface area contributed by atoms with Crippen LogP contribution in [0, 0.1) is 0 Å². The molecular formula is C16H16ClNO3. The number of aliphatic hydroxyl groups excluding tert-OH is 1. The number of hydrogen-bond acceptors (Lipinski definition) is 3. The van der Waals surface area contributed by atoms with Gasteiger partial charge in [0.25, 0.3) is 0 Å². The number of ether oxygens (including phenoxy) is 1. The first-order chi connectivity index (χ1) is 10.2. The van der Waals surface area contributed by atoms with Crippen molar-refractivity contribution in [3.63, 3.8) is 0 Å². The Kier molecular flexibility index (Phi) is 5.60. The molecule has 2 rings (SSSR count). The zero-order chi connectivity index (χ0) is 15.1. The van der Waals surface area contributed by atoms with E-state index >= 15 is 0 Å². The smallest absolute Gasteiger partial charge is 0.408 e. The molecular weight excluding hydrogens is 290 g/mol. The number of carbonyl (C=O) groups excluding carboxylic acids is 1. The lowest BCUT2D eigenvalue weighted by molar-refractivity contribution is 0.129. The first kappa shape index (κ1) is 15.4. The maximum absolute atomic E-state index is 11.8. The quantitative estimate of drug-likeness (QED) is 0.891. The lowest BCUT2D eigenvalue weighted by atomic mass is 10.1. The summed E-state index contributed by atoms with van der Waals surface area (Å²) in [5.41, 5.74) is 1.55. The Hall–Kier alpha value is -2.04. The van der Waals surface area contributed by atoms with E-state index in [1.54, 1.807) is 24.3 Å². The zero-order valence-electron chi connectivity index (χ0n) is 11.3. The van der Waals surface area contributed by atoms with Crippen LogP contribution < -0.4 is 5.32 Å². The van der Waals surface area contributed by atoms with Gasteiger partial charge in [-0.15, -0.1) is 0 Å². The van der Waals surface area contributed by atoms with Gasteiger partial charge in [0.1, 0.15) is 6.61 Å². The molecule has 110 valence electrons. The number of hydrogen-bond donors (Lipinski definition) is 2. The Balaban J connectivity index is 1.93. The highest BCUT2D eigenvalue weighted by Gasteiger charge is 2.16. The van der Waals surface area contributed by atoms with Crippen LogP contribution in [0.3, 0.4) is 0 Å². The molecule has 0 radical (unpaired) electrons. The van der Waals surface area contributed by atoms with Crippen molar-refractivity contribution in [2.24, 2.45) is 0 Å². The van der Waals surface area contributed by atoms with Gasteiger partial charge in [-0.1, -0.05) is 60.1 Å². The summed E-state index contributed by atoms with van der Waals surface area (Å²) < 4.78 is 5.12. The fraction of sp³-hybridized carbons (Fsp3) is 0.188. The highest BCUT2D eigenvalue weighted by Crippen LogP contribution is 2.22. The summed E-state index contributed by atoms with van der Waals surface area (Å²) in [6.45, 7) is -0.0858. The molecule has 0 aliphatic rings. The van der Waals surface area contributed by atoms with E-state index in [4.69, 9.17) is 16.3 Å². The second-order valence-electron chi connectivity index (χ2n) is 4.46. The Morgan fingerprint density at radius 3 is 2.48 bits per heavy atom. The van der Waals surface area contributed by atoms with Gasteiger partial charge in [0.05, 0.1) is 12.6 Å². The number of rotatable bonds is 5. The van der Waals surface area contributed by atoms with Crippen LogP contribution in [-0.2, 0) is 11.3 Å². The molecule has 0 bridgehead atoms. The number of aliphatic hydroxyl groups is 1. The lowest BCUT2D eigenvalue weighted by Gasteiger charge is -2.17. The molecule has 0 aromatic heterocycles. The SMILES string of the molecule is O=C(NC(CO)c1ccccc1Cl)OCc1ccccc1. The van der Waals surface area contributed by atoms with Gasteiger partial charge in [-0.2, -0.15) is 0 Å². The van der Waals surface area contributed by atoms with E-state index in [0.29, 0.717) is 10.6 Å². The van der Waals surface area contributed by atoms with Gasteiger partial charge in [-0.05, 0) is 17.2 Å². The number of benzene rings is 2. The van der Waals surface area contributed by atoms with Crippen molar-refractivity contribution in [3.8, 4) is 0 Å². The monoisotopic (exact) mass is 305 g/mol. The van der Waals surface area contributed by atoms with E-state index < -0.39 is 12.1 Å². The summed E-state index contributed by atoms with van der Waals surface area (Å²) in [5.74, 6) is 0. The maximum Gasteiger partial charge on any atom is 0.408 e. The normalized spacial score (nSPS) is 11.7. The van der Waals surface area contributed by atoms with Crippen molar-refractivity contribution in [2.75, 3.05) is 6.61 Å². The highest BCUT2D eigenvalue weighted by atomic mass is 35.5. The average molecular weight is 306 g/mol. The molecule has 2 N–H and O–H groups in total. The predicted octanol–water partition coefficient (Wildman–Crippen LogP) is 3.30. The topological polar surface area (TPSA) is 58.6 Å². The minimum Gasteiger partial charge on any atom is -0.445 e. The third-order valence-corrected chi connectivity index (χ3v) is 3.31. The van der Waals surface area contributed by atoms with Gasteiger partial charge in [0, 0.05) is 5.02 Å². The van der Waals surface area contributed by atoms with E-state index in [9.17, 15) is 9.90 Å². The molecule has 0 saturated carbocycles. The van der Waals surface area contributed by atoms with Crippen LogP contribution in [0.5, 0.6) is 0 Å². The van der Waals surface area contributed by atoms with E-state index in [1.165, 1.54) is 0 Å². The van der Waals surface area contributed by atoms with Crippen LogP contribution in [0.15, 0.2) is 54.6 Å². The molecule has 2 aromatic carbocycles. The Morgan fingerprint density at radius 1 is 1.14 bits per heavy atom. The predicted molar refractivity (Wildman–Crippen MR) is 81.0 cm³/mol. The standard InChI is InChI=1S/C16H16ClNO3/c17-14-9-5-4-8-13(14)15(10-19)18-16(20)21-11-12-6-2-1-3-7-12/h1-9,15,19H,10-11H2,(H,18,20). The number of halogens is 1. The van der Waals surface area contributed by atoms with E-state index in [0.717, 1.165) is 5.56 Å². The summed E-state index contributed by atoms with van der Waals surface area (Å²) in [5, 5.41) is 12.5. The zero-order valence-corrected chi connectivity index (χ0v) is 12.1. The minimum absolute atomic E-state index is 0.174. The summed E-state index contributed by atoms with van der Waals surface area (Å²) in [4.78, 5) is 11.8. The number of amides is 1. The van der Waals surface area contributed by atoms with Crippen LogP contribution in [0.2, 0.25) is 5.02 Å². The molecule has 5 heteroatoms. The molecule has 2 aromatic rings. The van der Waals surface area contributed by atoms with Crippen molar-refractivity contribution in [2.45, 2.75) is 12.6 Å². The van der Waals surface area contributed by atoms with Gasteiger partial charge in [-0.3, -0.25) is 0 Å². The number of alkyl carbamates (subject to hydrolysis) is 1. The third-order valence-electron chi connectivity index (χ3n) is 2.97. The summed E-state index contributed by atoms with van der Waals surface area (Å²) in [7, 11) is 0. The van der Waals surface area contributed by atoms with Gasteiger partial charge in [0.15, 0.2) is 0 Å². The van der Waals surface area contributed by atoms with Crippen LogP contribution in [0.4, 0.5) is 4.79 Å². The molecule has 0 aliphatic carbocycles. The molecule has 0 fully saturated rings. The Bertz CT molecular complexity index is 589. The summed E-state index contributed by atoms with van der Waals surface area (Å²) in [6.07, 6.45) is -0.599. The fourth-order valence-electron chi connectivity index (χ4n) is 1.89. The lowest BCUT2D eigenvalue weighted by Crippen LogP contribution is -2.31. The fourth-order valence-corrected chi connectivity index (χ4v) is 2.15. The first-order valence-electron chi connectivity index (χ1n) is 6.53. The Labute approximate surface area is 128 Å². The van der Waals surface area contributed by atoms with Crippen molar-refractivity contribution in [1.29, 1.82) is 0 Å². The first-order valence-corrected chi connectivity index (χ1v) is 6.91. The van der Waals surface area contributed by atoms with Crippen LogP contribution >= 0.6 is 11.6 Å². The van der Waals surface area contributed by atoms with Gasteiger partial charge < -0.3 is 15.2 Å². The average Bonchev–Trinajstić information content (AvgIpc) is 2.52. The van der Waals surface area contributed by atoms with Crippen molar-refractivity contribution >= 4 is 17.7 Å². The highest BCUT2D eigenvalue weighted by molar-refractivity contribution is 6.31. The second-order valence-corrected chi connectivity index (χ2v) is 4.87. The van der Waals surface area contributed by atoms with E-state index in [2.05, 4.69) is 5.32 Å². The minimum atomic E-state index is -0.599. The molecule has 1 amide bonds. The van der Waals surface area contributed by atoms with Gasteiger partial charge in [-0.25, -0.2) is 4.79 Å². The molecule has 21 heavy (non-hydrogen) atoms. The molecule has 1 unspecified atom stereocenters. The van der Waals surface area contributed by atoms with Crippen molar-refractivity contribution in [1.82, 2.24) is 5.32 Å². The van der Waals surface area contributed by atoms with Gasteiger partial charge in [0.2, 0.25) is 0 Å². The third kappa shape index (κ3) is 4.48. The molecule has 0 saturated heterocycles. The van der Waals surface area contributed by atoms with Crippen molar-refractivity contribution < 1.29 is 14.6 Å². The second kappa shape index (κ2) is 7.67. The summed E-state index contributed by atoms with van der Waals surface area (Å²) in [6, 6.07) is 15.8. The molecule has 4 nitrogen and oxygen atoms in total. The van der Waals surface area contributed by atoms with Crippen LogP contribution in [0.1, 0.15) is 17.2 Å². The van der Waals surface area contributed by atoms with Crippen LogP contribution in [0.25, 0.3) is 0 Å².